The van der Waals surface area contributed by atoms with Crippen LogP contribution in [0.25, 0.3) is 0 Å². The van der Waals surface area contributed by atoms with Gasteiger partial charge in [-0.2, -0.15) is 0 Å². The number of hydrogen-bond donors (Lipinski definition) is 1. The Hall–Kier alpha value is -1.06. The Labute approximate surface area is 131 Å². The van der Waals surface area contributed by atoms with Crippen molar-refractivity contribution < 1.29 is 9.53 Å². The molecule has 1 aliphatic heterocycles. The number of halogens is 1. The van der Waals surface area contributed by atoms with E-state index in [4.69, 9.17) is 22.1 Å². The van der Waals surface area contributed by atoms with Crippen molar-refractivity contribution in [1.29, 1.82) is 0 Å². The lowest BCUT2D eigenvalue weighted by atomic mass is 9.90. The first-order chi connectivity index (χ1) is 9.99. The van der Waals surface area contributed by atoms with Gasteiger partial charge in [0.05, 0.1) is 6.61 Å². The molecule has 1 aliphatic rings. The minimum atomic E-state index is 0.214. The normalized spacial score (nSPS) is 14.9. The third-order valence-corrected chi connectivity index (χ3v) is 4.09. The number of ether oxygens (including phenoxy) is 1. The van der Waals surface area contributed by atoms with Gasteiger partial charge in [0.15, 0.2) is 0 Å². The summed E-state index contributed by atoms with van der Waals surface area (Å²) in [7, 11) is 0. The predicted molar refractivity (Wildman–Crippen MR) is 86.0 cm³/mol. The van der Waals surface area contributed by atoms with Crippen LogP contribution in [0.15, 0.2) is 12.1 Å². The maximum atomic E-state index is 12.3. The molecular formula is C17H24ClNO2. The van der Waals surface area contributed by atoms with Crippen LogP contribution in [0.1, 0.15) is 37.8 Å². The minimum absolute atomic E-state index is 0.214. The molecule has 4 heteroatoms. The number of rotatable bonds is 7. The van der Waals surface area contributed by atoms with Crippen LogP contribution >= 0.6 is 11.6 Å². The van der Waals surface area contributed by atoms with E-state index >= 15 is 0 Å². The summed E-state index contributed by atoms with van der Waals surface area (Å²) in [5.41, 5.74) is 7.81. The fourth-order valence-corrected chi connectivity index (χ4v) is 3.28. The average Bonchev–Trinajstić information content (AvgIpc) is 2.85. The van der Waals surface area contributed by atoms with Gasteiger partial charge in [-0.15, -0.1) is 0 Å². The van der Waals surface area contributed by atoms with Crippen molar-refractivity contribution in [1.82, 2.24) is 0 Å². The zero-order valence-corrected chi connectivity index (χ0v) is 13.6. The smallest absolute Gasteiger partial charge is 0.137 e. The van der Waals surface area contributed by atoms with Crippen LogP contribution in [-0.2, 0) is 17.6 Å². The molecule has 0 saturated carbocycles. The largest absolute Gasteiger partial charge is 0.493 e. The second kappa shape index (κ2) is 7.28. The summed E-state index contributed by atoms with van der Waals surface area (Å²) >= 11 is 6.13. The Morgan fingerprint density at radius 2 is 2.19 bits per heavy atom. The van der Waals surface area contributed by atoms with Crippen LogP contribution in [0.2, 0.25) is 5.02 Å². The van der Waals surface area contributed by atoms with Gasteiger partial charge in [0.2, 0.25) is 0 Å². The number of carbonyl (C=O) groups is 1. The number of Topliss-reactive ketones (excluding diaryl/α,β-unsaturated/α-hetero) is 1. The van der Waals surface area contributed by atoms with Crippen LogP contribution < -0.4 is 10.5 Å². The van der Waals surface area contributed by atoms with E-state index in [0.717, 1.165) is 29.7 Å². The number of fused-ring (bicyclic) bond motifs is 1. The number of carbonyl (C=O) groups excluding carboxylic acids is 1. The number of benzene rings is 1. The van der Waals surface area contributed by atoms with E-state index in [9.17, 15) is 4.79 Å². The van der Waals surface area contributed by atoms with Crippen molar-refractivity contribution in [3.8, 4) is 5.75 Å². The molecule has 0 radical (unpaired) electrons. The maximum absolute atomic E-state index is 12.3. The molecule has 0 aromatic heterocycles. The van der Waals surface area contributed by atoms with Crippen molar-refractivity contribution in [2.75, 3.05) is 13.2 Å². The molecule has 1 heterocycles. The first-order valence-corrected chi connectivity index (χ1v) is 8.03. The fourth-order valence-electron chi connectivity index (χ4n) is 3.01. The Bertz CT molecular complexity index is 514. The third-order valence-electron chi connectivity index (χ3n) is 3.87. The van der Waals surface area contributed by atoms with E-state index in [-0.39, 0.29) is 11.7 Å². The van der Waals surface area contributed by atoms with Crippen LogP contribution in [0.5, 0.6) is 5.75 Å². The second-order valence-corrected chi connectivity index (χ2v) is 6.74. The van der Waals surface area contributed by atoms with E-state index in [1.165, 1.54) is 0 Å². The Morgan fingerprint density at radius 1 is 1.43 bits per heavy atom. The van der Waals surface area contributed by atoms with Crippen molar-refractivity contribution >= 4 is 17.4 Å². The first-order valence-electron chi connectivity index (χ1n) is 7.65. The molecule has 0 saturated heterocycles. The zero-order valence-electron chi connectivity index (χ0n) is 12.8. The molecular weight excluding hydrogens is 286 g/mol. The van der Waals surface area contributed by atoms with E-state index in [1.54, 1.807) is 0 Å². The molecule has 1 aromatic carbocycles. The van der Waals surface area contributed by atoms with Gasteiger partial charge in [-0.05, 0) is 42.5 Å². The van der Waals surface area contributed by atoms with Gasteiger partial charge in [-0.3, -0.25) is 4.79 Å². The lowest BCUT2D eigenvalue weighted by Crippen LogP contribution is -2.21. The van der Waals surface area contributed by atoms with Crippen LogP contribution in [-0.4, -0.2) is 18.9 Å². The van der Waals surface area contributed by atoms with Gasteiger partial charge in [-0.1, -0.05) is 25.4 Å². The van der Waals surface area contributed by atoms with Crippen molar-refractivity contribution in [3.63, 3.8) is 0 Å². The highest BCUT2D eigenvalue weighted by atomic mass is 35.5. The maximum Gasteiger partial charge on any atom is 0.137 e. The SMILES string of the molecule is CC(C)CC(CN)CC(=O)Cc1cc(Cl)cc2c1OCC2. The monoisotopic (exact) mass is 309 g/mol. The summed E-state index contributed by atoms with van der Waals surface area (Å²) in [4.78, 5) is 12.3. The van der Waals surface area contributed by atoms with Crippen LogP contribution in [0.4, 0.5) is 0 Å². The summed E-state index contributed by atoms with van der Waals surface area (Å²) in [5, 5.41) is 0.680. The van der Waals surface area contributed by atoms with Gasteiger partial charge in [0.1, 0.15) is 11.5 Å². The van der Waals surface area contributed by atoms with Gasteiger partial charge in [0.25, 0.3) is 0 Å². The van der Waals surface area contributed by atoms with Crippen LogP contribution in [0.3, 0.4) is 0 Å². The molecule has 0 bridgehead atoms. The molecule has 0 aliphatic carbocycles. The average molecular weight is 310 g/mol. The molecule has 1 atom stereocenters. The highest BCUT2D eigenvalue weighted by Crippen LogP contribution is 2.33. The van der Waals surface area contributed by atoms with Gasteiger partial charge < -0.3 is 10.5 Å². The summed E-state index contributed by atoms with van der Waals surface area (Å²) in [6.07, 6.45) is 2.79. The summed E-state index contributed by atoms with van der Waals surface area (Å²) in [5.74, 6) is 1.91. The zero-order chi connectivity index (χ0) is 15.4. The van der Waals surface area contributed by atoms with E-state index < -0.39 is 0 Å². The predicted octanol–water partition coefficient (Wildman–Crippen LogP) is 3.40. The third kappa shape index (κ3) is 4.45. The molecule has 2 N–H and O–H groups in total. The number of hydrogen-bond acceptors (Lipinski definition) is 3. The van der Waals surface area contributed by atoms with Crippen molar-refractivity contribution in [2.45, 2.75) is 39.5 Å². The molecule has 2 rings (SSSR count). The lowest BCUT2D eigenvalue weighted by molar-refractivity contribution is -0.119. The quantitative estimate of drug-likeness (QED) is 0.840. The highest BCUT2D eigenvalue weighted by Gasteiger charge is 2.21. The molecule has 0 fully saturated rings. The van der Waals surface area contributed by atoms with E-state index in [2.05, 4.69) is 13.8 Å². The fraction of sp³-hybridized carbons (Fsp3) is 0.588. The molecule has 1 aromatic rings. The summed E-state index contributed by atoms with van der Waals surface area (Å²) in [6, 6.07) is 3.78. The van der Waals surface area contributed by atoms with Gasteiger partial charge in [0, 0.05) is 29.8 Å². The van der Waals surface area contributed by atoms with Crippen molar-refractivity contribution in [2.24, 2.45) is 17.6 Å². The van der Waals surface area contributed by atoms with Crippen molar-refractivity contribution in [3.05, 3.63) is 28.3 Å². The number of ketones is 1. The topological polar surface area (TPSA) is 52.3 Å². The second-order valence-electron chi connectivity index (χ2n) is 6.30. The highest BCUT2D eigenvalue weighted by molar-refractivity contribution is 6.30. The molecule has 0 amide bonds. The molecule has 1 unspecified atom stereocenters. The molecule has 3 nitrogen and oxygen atoms in total. The molecule has 0 spiro atoms. The van der Waals surface area contributed by atoms with Gasteiger partial charge >= 0.3 is 0 Å². The van der Waals surface area contributed by atoms with Gasteiger partial charge in [-0.25, -0.2) is 0 Å². The molecule has 116 valence electrons. The van der Waals surface area contributed by atoms with E-state index in [0.29, 0.717) is 36.9 Å². The number of nitrogens with two attached hydrogens (primary N) is 1. The van der Waals surface area contributed by atoms with Crippen LogP contribution in [0, 0.1) is 11.8 Å². The van der Waals surface area contributed by atoms with E-state index in [1.807, 2.05) is 12.1 Å². The molecule has 21 heavy (non-hydrogen) atoms. The minimum Gasteiger partial charge on any atom is -0.493 e. The summed E-state index contributed by atoms with van der Waals surface area (Å²) in [6.45, 7) is 5.55. The Morgan fingerprint density at radius 3 is 2.86 bits per heavy atom. The lowest BCUT2D eigenvalue weighted by Gasteiger charge is -2.16. The standard InChI is InChI=1S/C17H24ClNO2/c1-11(2)5-12(10-19)6-16(20)9-14-8-15(18)7-13-3-4-21-17(13)14/h7-8,11-12H,3-6,9-10,19H2,1-2H3. The Balaban J connectivity index is 2.03. The first kappa shape index (κ1) is 16.3. The summed E-state index contributed by atoms with van der Waals surface area (Å²) < 4.78 is 5.65. The Kier molecular flexibility index (Phi) is 5.65.